The van der Waals surface area contributed by atoms with Gasteiger partial charge >= 0.3 is 0 Å². The molecule has 0 aromatic heterocycles. The fourth-order valence-corrected chi connectivity index (χ4v) is 3.06. The molecule has 2 atom stereocenters. The van der Waals surface area contributed by atoms with Gasteiger partial charge < -0.3 is 0 Å². The molecule has 0 bridgehead atoms. The van der Waals surface area contributed by atoms with Gasteiger partial charge in [-0.2, -0.15) is 0 Å². The molecule has 1 saturated carbocycles. The molecule has 3 rings (SSSR count). The molecule has 1 aliphatic rings. The second-order valence-electron chi connectivity index (χ2n) is 5.31. The summed E-state index contributed by atoms with van der Waals surface area (Å²) in [5.74, 6) is 1.00. The van der Waals surface area contributed by atoms with E-state index in [4.69, 9.17) is 0 Å². The quantitative estimate of drug-likeness (QED) is 0.776. The van der Waals surface area contributed by atoms with E-state index in [0.717, 1.165) is 12.8 Å². The average molecular weight is 250 g/mol. The maximum absolute atomic E-state index is 12.2. The second-order valence-corrected chi connectivity index (χ2v) is 5.31. The number of rotatable bonds is 2. The molecular formula is C18H18O. The first-order valence-corrected chi connectivity index (χ1v) is 6.97. The lowest BCUT2D eigenvalue weighted by molar-refractivity contribution is -0.122. The summed E-state index contributed by atoms with van der Waals surface area (Å²) in [4.78, 5) is 12.2. The van der Waals surface area contributed by atoms with Crippen LogP contribution in [0.25, 0.3) is 0 Å². The second kappa shape index (κ2) is 5.40. The number of hydrogen-bond donors (Lipinski definition) is 0. The third kappa shape index (κ3) is 2.60. The van der Waals surface area contributed by atoms with Crippen molar-refractivity contribution in [2.75, 3.05) is 0 Å². The van der Waals surface area contributed by atoms with Crippen molar-refractivity contribution in [3.05, 3.63) is 71.8 Å². The summed E-state index contributed by atoms with van der Waals surface area (Å²) in [7, 11) is 0. The lowest BCUT2D eigenvalue weighted by Crippen LogP contribution is -2.22. The molecule has 1 aliphatic carbocycles. The fraction of sp³-hybridized carbons (Fsp3) is 0.278. The minimum absolute atomic E-state index is 0.0835. The van der Waals surface area contributed by atoms with Crippen LogP contribution in [0.4, 0.5) is 0 Å². The van der Waals surface area contributed by atoms with Crippen LogP contribution in [0.3, 0.4) is 0 Å². The van der Waals surface area contributed by atoms with Crippen LogP contribution in [0.1, 0.15) is 42.2 Å². The highest BCUT2D eigenvalue weighted by Gasteiger charge is 2.30. The van der Waals surface area contributed by atoms with Crippen LogP contribution in [0, 0.1) is 0 Å². The molecule has 0 spiro atoms. The average Bonchev–Trinajstić information content (AvgIpc) is 2.49. The largest absolute Gasteiger partial charge is 0.299 e. The fourth-order valence-electron chi connectivity index (χ4n) is 3.06. The van der Waals surface area contributed by atoms with Crippen LogP contribution in [-0.4, -0.2) is 5.78 Å². The normalized spacial score (nSPS) is 23.3. The van der Waals surface area contributed by atoms with Crippen molar-refractivity contribution < 1.29 is 4.79 Å². The standard InChI is InChI=1S/C18H18O/c19-18-12-11-16(14-7-3-1-4-8-14)13-17(18)15-9-5-2-6-10-15/h1-10,16-17H,11-13H2/t16-,17+/m1/s1. The van der Waals surface area contributed by atoms with Crippen molar-refractivity contribution >= 4 is 5.78 Å². The summed E-state index contributed by atoms with van der Waals surface area (Å²) in [5.41, 5.74) is 2.55. The van der Waals surface area contributed by atoms with Crippen molar-refractivity contribution in [3.63, 3.8) is 0 Å². The highest BCUT2D eigenvalue weighted by Crippen LogP contribution is 2.39. The van der Waals surface area contributed by atoms with Gasteiger partial charge in [0.1, 0.15) is 5.78 Å². The van der Waals surface area contributed by atoms with E-state index in [1.807, 2.05) is 24.3 Å². The minimum atomic E-state index is 0.0835. The number of Topliss-reactive ketones (excluding diaryl/α,β-unsaturated/α-hetero) is 1. The van der Waals surface area contributed by atoms with Crippen molar-refractivity contribution in [2.45, 2.75) is 31.1 Å². The molecule has 0 aliphatic heterocycles. The van der Waals surface area contributed by atoms with Gasteiger partial charge in [-0.25, -0.2) is 0 Å². The van der Waals surface area contributed by atoms with Crippen molar-refractivity contribution in [2.24, 2.45) is 0 Å². The topological polar surface area (TPSA) is 17.1 Å². The van der Waals surface area contributed by atoms with Crippen LogP contribution in [0.5, 0.6) is 0 Å². The van der Waals surface area contributed by atoms with Gasteiger partial charge in [0.15, 0.2) is 0 Å². The molecule has 0 unspecified atom stereocenters. The molecule has 2 aromatic rings. The first-order valence-electron chi connectivity index (χ1n) is 6.97. The first-order chi connectivity index (χ1) is 9.34. The Kier molecular flexibility index (Phi) is 3.45. The predicted octanol–water partition coefficient (Wildman–Crippen LogP) is 4.31. The summed E-state index contributed by atoms with van der Waals surface area (Å²) in [6, 6.07) is 20.8. The monoisotopic (exact) mass is 250 g/mol. The van der Waals surface area contributed by atoms with Gasteiger partial charge in [-0.1, -0.05) is 60.7 Å². The molecule has 0 heterocycles. The smallest absolute Gasteiger partial charge is 0.140 e. The highest BCUT2D eigenvalue weighted by atomic mass is 16.1. The zero-order valence-electron chi connectivity index (χ0n) is 11.0. The summed E-state index contributed by atoms with van der Waals surface area (Å²) < 4.78 is 0. The van der Waals surface area contributed by atoms with Gasteiger partial charge in [-0.3, -0.25) is 4.79 Å². The molecule has 1 heteroatoms. The molecule has 0 amide bonds. The molecule has 96 valence electrons. The molecule has 0 N–H and O–H groups in total. The predicted molar refractivity (Wildman–Crippen MR) is 77.2 cm³/mol. The van der Waals surface area contributed by atoms with Crippen LogP contribution in [0.2, 0.25) is 0 Å². The van der Waals surface area contributed by atoms with E-state index < -0.39 is 0 Å². The van der Waals surface area contributed by atoms with Crippen LogP contribution in [-0.2, 0) is 4.79 Å². The Morgan fingerprint density at radius 3 is 2.00 bits per heavy atom. The maximum atomic E-state index is 12.2. The van der Waals surface area contributed by atoms with Crippen LogP contribution in [0.15, 0.2) is 60.7 Å². The Balaban J connectivity index is 1.84. The maximum Gasteiger partial charge on any atom is 0.140 e. The lowest BCUT2D eigenvalue weighted by Gasteiger charge is -2.28. The van der Waals surface area contributed by atoms with Gasteiger partial charge in [-0.05, 0) is 29.9 Å². The van der Waals surface area contributed by atoms with E-state index in [2.05, 4.69) is 36.4 Å². The van der Waals surface area contributed by atoms with Gasteiger partial charge in [0.2, 0.25) is 0 Å². The summed E-state index contributed by atoms with van der Waals surface area (Å²) >= 11 is 0. The van der Waals surface area contributed by atoms with Gasteiger partial charge in [0.05, 0.1) is 0 Å². The molecule has 1 nitrogen and oxygen atoms in total. The Morgan fingerprint density at radius 2 is 1.37 bits per heavy atom. The van der Waals surface area contributed by atoms with E-state index in [0.29, 0.717) is 18.1 Å². The van der Waals surface area contributed by atoms with E-state index in [9.17, 15) is 4.79 Å². The van der Waals surface area contributed by atoms with Gasteiger partial charge in [-0.15, -0.1) is 0 Å². The number of benzene rings is 2. The Bertz CT molecular complexity index is 544. The third-order valence-electron chi connectivity index (χ3n) is 4.12. The number of carbonyl (C=O) groups excluding carboxylic acids is 1. The molecular weight excluding hydrogens is 232 g/mol. The van der Waals surface area contributed by atoms with Gasteiger partial charge in [0.25, 0.3) is 0 Å². The Morgan fingerprint density at radius 1 is 0.789 bits per heavy atom. The summed E-state index contributed by atoms with van der Waals surface area (Å²) in [6.07, 6.45) is 2.65. The number of ketones is 1. The van der Waals surface area contributed by atoms with E-state index in [-0.39, 0.29) is 5.92 Å². The molecule has 0 radical (unpaired) electrons. The van der Waals surface area contributed by atoms with E-state index >= 15 is 0 Å². The van der Waals surface area contributed by atoms with Crippen molar-refractivity contribution in [3.8, 4) is 0 Å². The number of carbonyl (C=O) groups is 1. The summed E-state index contributed by atoms with van der Waals surface area (Å²) in [6.45, 7) is 0. The van der Waals surface area contributed by atoms with Crippen molar-refractivity contribution in [1.29, 1.82) is 0 Å². The van der Waals surface area contributed by atoms with Crippen molar-refractivity contribution in [1.82, 2.24) is 0 Å². The zero-order valence-corrected chi connectivity index (χ0v) is 11.0. The first kappa shape index (κ1) is 12.2. The summed E-state index contributed by atoms with van der Waals surface area (Å²) in [5, 5.41) is 0. The molecule has 0 saturated heterocycles. The lowest BCUT2D eigenvalue weighted by atomic mass is 9.74. The van der Waals surface area contributed by atoms with Crippen LogP contribution >= 0.6 is 0 Å². The highest BCUT2D eigenvalue weighted by molar-refractivity contribution is 5.86. The molecule has 1 fully saturated rings. The van der Waals surface area contributed by atoms with E-state index in [1.54, 1.807) is 0 Å². The third-order valence-corrected chi connectivity index (χ3v) is 4.12. The Labute approximate surface area is 114 Å². The SMILES string of the molecule is O=C1CC[C@@H](c2ccccc2)C[C@H]1c1ccccc1. The van der Waals surface area contributed by atoms with Gasteiger partial charge in [0, 0.05) is 12.3 Å². The van der Waals surface area contributed by atoms with E-state index in [1.165, 1.54) is 11.1 Å². The zero-order chi connectivity index (χ0) is 13.1. The molecule has 19 heavy (non-hydrogen) atoms. The molecule has 2 aromatic carbocycles. The Hall–Kier alpha value is -1.89. The minimum Gasteiger partial charge on any atom is -0.299 e. The van der Waals surface area contributed by atoms with Crippen LogP contribution < -0.4 is 0 Å². The number of hydrogen-bond acceptors (Lipinski definition) is 1.